The highest BCUT2D eigenvalue weighted by atomic mass is 35.5. The number of hydrogen-bond donors (Lipinski definition) is 0. The van der Waals surface area contributed by atoms with Crippen LogP contribution in [0, 0.1) is 0 Å². The molecule has 0 bridgehead atoms. The summed E-state index contributed by atoms with van der Waals surface area (Å²) < 4.78 is 5.40. The van der Waals surface area contributed by atoms with E-state index in [1.807, 2.05) is 4.90 Å². The average Bonchev–Trinajstić information content (AvgIpc) is 2.94. The third kappa shape index (κ3) is 3.23. The Morgan fingerprint density at radius 1 is 0.852 bits per heavy atom. The molecule has 2 aromatic carbocycles. The van der Waals surface area contributed by atoms with Crippen molar-refractivity contribution in [3.63, 3.8) is 0 Å². The zero-order chi connectivity index (χ0) is 19.0. The molecule has 1 fully saturated rings. The van der Waals surface area contributed by atoms with Crippen molar-refractivity contribution in [2.45, 2.75) is 0 Å². The lowest BCUT2D eigenvalue weighted by Crippen LogP contribution is -2.40. The molecule has 1 saturated heterocycles. The van der Waals surface area contributed by atoms with Crippen LogP contribution in [0.25, 0.3) is 5.57 Å². The number of amides is 2. The first-order chi connectivity index (χ1) is 13.1. The summed E-state index contributed by atoms with van der Waals surface area (Å²) in [5.41, 5.74) is 1.77. The van der Waals surface area contributed by atoms with E-state index in [0.717, 1.165) is 4.90 Å². The molecule has 4 rings (SSSR count). The maximum absolute atomic E-state index is 13.3. The Morgan fingerprint density at radius 3 is 2.19 bits per heavy atom. The van der Waals surface area contributed by atoms with Crippen molar-refractivity contribution in [2.75, 3.05) is 31.2 Å². The van der Waals surface area contributed by atoms with Crippen molar-refractivity contribution in [2.24, 2.45) is 0 Å². The number of carbonyl (C=O) groups excluding carboxylic acids is 2. The van der Waals surface area contributed by atoms with Gasteiger partial charge in [-0.3, -0.25) is 9.59 Å². The molecule has 0 spiro atoms. The van der Waals surface area contributed by atoms with E-state index in [1.54, 1.807) is 48.5 Å². The number of nitrogens with zero attached hydrogens (tertiary/aromatic N) is 2. The number of rotatable bonds is 3. The Hall–Kier alpha value is -2.34. The third-order valence-electron chi connectivity index (χ3n) is 4.61. The average molecular weight is 403 g/mol. The number of hydrogen-bond acceptors (Lipinski definition) is 4. The highest BCUT2D eigenvalue weighted by Crippen LogP contribution is 2.37. The van der Waals surface area contributed by atoms with Gasteiger partial charge in [0.1, 0.15) is 5.70 Å². The first kappa shape index (κ1) is 18.0. The van der Waals surface area contributed by atoms with Crippen molar-refractivity contribution >= 4 is 46.3 Å². The molecule has 2 heterocycles. The quantitative estimate of drug-likeness (QED) is 0.735. The van der Waals surface area contributed by atoms with Gasteiger partial charge in [-0.05, 0) is 29.8 Å². The molecule has 2 aliphatic heterocycles. The molecule has 2 aromatic rings. The van der Waals surface area contributed by atoms with E-state index in [1.165, 1.54) is 0 Å². The molecule has 0 unspecified atom stereocenters. The smallest absolute Gasteiger partial charge is 0.282 e. The first-order valence-corrected chi connectivity index (χ1v) is 9.30. The SMILES string of the molecule is O=C1C(c2ccc(Cl)cc2)=C(N2CCOCC2)C(=O)N1c1ccccc1Cl. The van der Waals surface area contributed by atoms with Gasteiger partial charge in [-0.15, -0.1) is 0 Å². The number of imide groups is 1. The molecular weight excluding hydrogens is 387 g/mol. The molecule has 0 radical (unpaired) electrons. The number of anilines is 1. The summed E-state index contributed by atoms with van der Waals surface area (Å²) in [7, 11) is 0. The number of carbonyl (C=O) groups is 2. The Labute approximate surface area is 166 Å². The molecule has 138 valence electrons. The minimum Gasteiger partial charge on any atom is -0.378 e. The van der Waals surface area contributed by atoms with E-state index >= 15 is 0 Å². The summed E-state index contributed by atoms with van der Waals surface area (Å²) in [5, 5.41) is 0.907. The molecule has 0 N–H and O–H groups in total. The molecule has 0 aromatic heterocycles. The van der Waals surface area contributed by atoms with Crippen LogP contribution in [-0.4, -0.2) is 43.0 Å². The van der Waals surface area contributed by atoms with Gasteiger partial charge in [0.2, 0.25) is 0 Å². The van der Waals surface area contributed by atoms with Crippen LogP contribution in [0.3, 0.4) is 0 Å². The van der Waals surface area contributed by atoms with Crippen molar-refractivity contribution in [3.05, 3.63) is 69.8 Å². The predicted octanol–water partition coefficient (Wildman–Crippen LogP) is 3.61. The second kappa shape index (κ2) is 7.35. The van der Waals surface area contributed by atoms with Gasteiger partial charge < -0.3 is 9.64 Å². The summed E-state index contributed by atoms with van der Waals surface area (Å²) in [6.07, 6.45) is 0. The molecule has 0 aliphatic carbocycles. The van der Waals surface area contributed by atoms with Crippen LogP contribution in [-0.2, 0) is 14.3 Å². The molecule has 2 amide bonds. The van der Waals surface area contributed by atoms with Crippen molar-refractivity contribution in [1.82, 2.24) is 4.90 Å². The predicted molar refractivity (Wildman–Crippen MR) is 105 cm³/mol. The number of benzene rings is 2. The Balaban J connectivity index is 1.84. The van der Waals surface area contributed by atoms with E-state index in [2.05, 4.69) is 0 Å². The summed E-state index contributed by atoms with van der Waals surface area (Å²) in [5.74, 6) is -0.767. The van der Waals surface area contributed by atoms with E-state index in [0.29, 0.717) is 58.9 Å². The van der Waals surface area contributed by atoms with Crippen LogP contribution in [0.15, 0.2) is 54.2 Å². The Morgan fingerprint density at radius 2 is 1.52 bits per heavy atom. The van der Waals surface area contributed by atoms with Gasteiger partial charge in [-0.2, -0.15) is 0 Å². The molecule has 5 nitrogen and oxygen atoms in total. The largest absolute Gasteiger partial charge is 0.378 e. The first-order valence-electron chi connectivity index (χ1n) is 8.54. The summed E-state index contributed by atoms with van der Waals surface area (Å²) in [6.45, 7) is 2.10. The zero-order valence-electron chi connectivity index (χ0n) is 14.3. The number of halogens is 2. The van der Waals surface area contributed by atoms with Crippen LogP contribution in [0.4, 0.5) is 5.69 Å². The molecular formula is C20H16Cl2N2O3. The van der Waals surface area contributed by atoms with Crippen LogP contribution in [0.2, 0.25) is 10.0 Å². The van der Waals surface area contributed by atoms with Gasteiger partial charge in [0.05, 0.1) is 29.5 Å². The second-order valence-electron chi connectivity index (χ2n) is 6.23. The van der Waals surface area contributed by atoms with E-state index in [-0.39, 0.29) is 5.91 Å². The Kier molecular flexibility index (Phi) is 4.91. The lowest BCUT2D eigenvalue weighted by atomic mass is 10.0. The monoisotopic (exact) mass is 402 g/mol. The highest BCUT2D eigenvalue weighted by Gasteiger charge is 2.43. The van der Waals surface area contributed by atoms with Gasteiger partial charge in [-0.1, -0.05) is 47.5 Å². The van der Waals surface area contributed by atoms with Gasteiger partial charge in [0.25, 0.3) is 11.8 Å². The normalized spacial score (nSPS) is 17.9. The standard InChI is InChI=1S/C20H16Cl2N2O3/c21-14-7-5-13(6-8-14)17-18(23-9-11-27-12-10-23)20(26)24(19(17)25)16-4-2-1-3-15(16)22/h1-8H,9-12H2. The van der Waals surface area contributed by atoms with Crippen molar-refractivity contribution < 1.29 is 14.3 Å². The molecule has 7 heteroatoms. The summed E-state index contributed by atoms with van der Waals surface area (Å²) >= 11 is 12.3. The van der Waals surface area contributed by atoms with E-state index in [9.17, 15) is 9.59 Å². The highest BCUT2D eigenvalue weighted by molar-refractivity contribution is 6.47. The topological polar surface area (TPSA) is 49.9 Å². The van der Waals surface area contributed by atoms with Crippen LogP contribution in [0.1, 0.15) is 5.56 Å². The fourth-order valence-corrected chi connectivity index (χ4v) is 3.67. The third-order valence-corrected chi connectivity index (χ3v) is 5.18. The van der Waals surface area contributed by atoms with Gasteiger partial charge in [-0.25, -0.2) is 4.90 Å². The molecule has 0 saturated carbocycles. The van der Waals surface area contributed by atoms with E-state index in [4.69, 9.17) is 27.9 Å². The number of para-hydroxylation sites is 1. The minimum atomic E-state index is -0.392. The van der Waals surface area contributed by atoms with Gasteiger partial charge >= 0.3 is 0 Å². The lowest BCUT2D eigenvalue weighted by molar-refractivity contribution is -0.121. The molecule has 2 aliphatic rings. The molecule has 27 heavy (non-hydrogen) atoms. The van der Waals surface area contributed by atoms with Gasteiger partial charge in [0.15, 0.2) is 0 Å². The van der Waals surface area contributed by atoms with Gasteiger partial charge in [0, 0.05) is 18.1 Å². The maximum atomic E-state index is 13.3. The fraction of sp³-hybridized carbons (Fsp3) is 0.200. The Bertz CT molecular complexity index is 934. The number of ether oxygens (including phenoxy) is 1. The van der Waals surface area contributed by atoms with E-state index < -0.39 is 5.91 Å². The minimum absolute atomic E-state index is 0.345. The summed E-state index contributed by atoms with van der Waals surface area (Å²) in [4.78, 5) is 29.7. The second-order valence-corrected chi connectivity index (χ2v) is 7.07. The number of morpholine rings is 1. The van der Waals surface area contributed by atoms with Crippen molar-refractivity contribution in [3.8, 4) is 0 Å². The fourth-order valence-electron chi connectivity index (χ4n) is 3.33. The molecule has 0 atom stereocenters. The van der Waals surface area contributed by atoms with Crippen LogP contribution >= 0.6 is 23.2 Å². The maximum Gasteiger partial charge on any atom is 0.282 e. The zero-order valence-corrected chi connectivity index (χ0v) is 15.8. The van der Waals surface area contributed by atoms with Crippen LogP contribution < -0.4 is 4.90 Å². The lowest BCUT2D eigenvalue weighted by Gasteiger charge is -2.29. The van der Waals surface area contributed by atoms with Crippen LogP contribution in [0.5, 0.6) is 0 Å². The summed E-state index contributed by atoms with van der Waals surface area (Å²) in [6, 6.07) is 13.7. The van der Waals surface area contributed by atoms with Crippen molar-refractivity contribution in [1.29, 1.82) is 0 Å².